The molecule has 2 rings (SSSR count). The second-order valence-corrected chi connectivity index (χ2v) is 7.21. The first-order valence-electron chi connectivity index (χ1n) is 7.34. The molecule has 1 heterocycles. The summed E-state index contributed by atoms with van der Waals surface area (Å²) < 4.78 is 0. The molecular weight excluding hydrogens is 278 g/mol. The molecule has 21 heavy (non-hydrogen) atoms. The van der Waals surface area contributed by atoms with Gasteiger partial charge in [0.25, 0.3) is 0 Å². The summed E-state index contributed by atoms with van der Waals surface area (Å²) in [7, 11) is 0. The highest BCUT2D eigenvalue weighted by Crippen LogP contribution is 2.28. The Balaban J connectivity index is 1.89. The van der Waals surface area contributed by atoms with Crippen LogP contribution in [0.3, 0.4) is 0 Å². The standard InChI is InChI=1S/C18H23NOS/c1-14(19-17(20)12-16-10-7-11-21-16)13-18(2,3)15-8-5-4-6-9-15/h4-11,14H,12-13H2,1-3H3,(H,19,20)/t14-/m0/s1. The number of carbonyl (C=O) groups excluding carboxylic acids is 1. The summed E-state index contributed by atoms with van der Waals surface area (Å²) in [5, 5.41) is 5.12. The van der Waals surface area contributed by atoms with E-state index >= 15 is 0 Å². The Labute approximate surface area is 131 Å². The molecule has 0 saturated carbocycles. The lowest BCUT2D eigenvalue weighted by molar-refractivity contribution is -0.121. The van der Waals surface area contributed by atoms with Crippen LogP contribution in [0.25, 0.3) is 0 Å². The van der Waals surface area contributed by atoms with Crippen LogP contribution in [-0.2, 0) is 16.6 Å². The SMILES string of the molecule is C[C@@H](CC(C)(C)c1ccccc1)NC(=O)Cc1cccs1. The molecule has 112 valence electrons. The Hall–Kier alpha value is -1.61. The van der Waals surface area contributed by atoms with E-state index in [2.05, 4.69) is 50.4 Å². The van der Waals surface area contributed by atoms with Gasteiger partial charge < -0.3 is 5.32 Å². The lowest BCUT2D eigenvalue weighted by Crippen LogP contribution is -2.37. The molecule has 1 atom stereocenters. The van der Waals surface area contributed by atoms with Crippen LogP contribution in [-0.4, -0.2) is 11.9 Å². The van der Waals surface area contributed by atoms with E-state index in [0.29, 0.717) is 6.42 Å². The van der Waals surface area contributed by atoms with Crippen LogP contribution in [0, 0.1) is 0 Å². The van der Waals surface area contributed by atoms with Gasteiger partial charge in [-0.15, -0.1) is 11.3 Å². The zero-order valence-corrected chi connectivity index (χ0v) is 13.7. The summed E-state index contributed by atoms with van der Waals surface area (Å²) in [6, 6.07) is 14.6. The Kier molecular flexibility index (Phi) is 5.18. The van der Waals surface area contributed by atoms with E-state index < -0.39 is 0 Å². The van der Waals surface area contributed by atoms with Crippen molar-refractivity contribution in [3.8, 4) is 0 Å². The fraction of sp³-hybridized carbons (Fsp3) is 0.389. The van der Waals surface area contributed by atoms with Crippen molar-refractivity contribution in [3.63, 3.8) is 0 Å². The van der Waals surface area contributed by atoms with E-state index in [1.165, 1.54) is 5.56 Å². The second-order valence-electron chi connectivity index (χ2n) is 6.18. The van der Waals surface area contributed by atoms with Crippen LogP contribution in [0.5, 0.6) is 0 Å². The number of benzene rings is 1. The van der Waals surface area contributed by atoms with E-state index in [-0.39, 0.29) is 17.4 Å². The normalized spacial score (nSPS) is 12.9. The van der Waals surface area contributed by atoms with E-state index in [1.54, 1.807) is 11.3 Å². The third kappa shape index (κ3) is 4.71. The number of carbonyl (C=O) groups is 1. The van der Waals surface area contributed by atoms with Crippen LogP contribution in [0.4, 0.5) is 0 Å². The monoisotopic (exact) mass is 301 g/mol. The van der Waals surface area contributed by atoms with Crippen molar-refractivity contribution < 1.29 is 4.79 Å². The van der Waals surface area contributed by atoms with Crippen LogP contribution >= 0.6 is 11.3 Å². The molecule has 0 saturated heterocycles. The molecule has 2 aromatic rings. The second kappa shape index (κ2) is 6.90. The number of hydrogen-bond donors (Lipinski definition) is 1. The Morgan fingerprint density at radius 2 is 1.90 bits per heavy atom. The number of hydrogen-bond acceptors (Lipinski definition) is 2. The summed E-state index contributed by atoms with van der Waals surface area (Å²) in [4.78, 5) is 13.2. The smallest absolute Gasteiger partial charge is 0.225 e. The molecule has 0 unspecified atom stereocenters. The molecule has 0 aliphatic carbocycles. The van der Waals surface area contributed by atoms with Crippen LogP contribution in [0.2, 0.25) is 0 Å². The minimum Gasteiger partial charge on any atom is -0.353 e. The number of rotatable bonds is 6. The highest BCUT2D eigenvalue weighted by molar-refractivity contribution is 7.10. The quantitative estimate of drug-likeness (QED) is 0.852. The van der Waals surface area contributed by atoms with Gasteiger partial charge in [0, 0.05) is 10.9 Å². The molecule has 0 radical (unpaired) electrons. The van der Waals surface area contributed by atoms with Gasteiger partial charge in [-0.25, -0.2) is 0 Å². The van der Waals surface area contributed by atoms with Gasteiger partial charge in [0.2, 0.25) is 5.91 Å². The largest absolute Gasteiger partial charge is 0.353 e. The lowest BCUT2D eigenvalue weighted by Gasteiger charge is -2.29. The maximum atomic E-state index is 12.0. The van der Waals surface area contributed by atoms with E-state index in [4.69, 9.17) is 0 Å². The zero-order chi connectivity index (χ0) is 15.3. The molecule has 3 heteroatoms. The minimum atomic E-state index is 0.0525. The number of thiophene rings is 1. The van der Waals surface area contributed by atoms with Crippen molar-refractivity contribution in [1.82, 2.24) is 5.32 Å². The number of nitrogens with one attached hydrogen (secondary N) is 1. The molecule has 0 bridgehead atoms. The lowest BCUT2D eigenvalue weighted by atomic mass is 9.79. The van der Waals surface area contributed by atoms with Gasteiger partial charge in [0.05, 0.1) is 6.42 Å². The predicted octanol–water partition coefficient (Wildman–Crippen LogP) is 4.16. The predicted molar refractivity (Wildman–Crippen MR) is 89.7 cm³/mol. The zero-order valence-electron chi connectivity index (χ0n) is 12.9. The van der Waals surface area contributed by atoms with Crippen molar-refractivity contribution in [2.75, 3.05) is 0 Å². The highest BCUT2D eigenvalue weighted by Gasteiger charge is 2.23. The van der Waals surface area contributed by atoms with Gasteiger partial charge in [-0.1, -0.05) is 50.2 Å². The summed E-state index contributed by atoms with van der Waals surface area (Å²) in [6.45, 7) is 6.53. The van der Waals surface area contributed by atoms with Crippen molar-refractivity contribution in [2.24, 2.45) is 0 Å². The fourth-order valence-corrected chi connectivity index (χ4v) is 3.42. The third-order valence-corrected chi connectivity index (χ3v) is 4.57. The van der Waals surface area contributed by atoms with Gasteiger partial charge in [0.15, 0.2) is 0 Å². The first-order valence-corrected chi connectivity index (χ1v) is 8.22. The van der Waals surface area contributed by atoms with E-state index in [9.17, 15) is 4.79 Å². The Morgan fingerprint density at radius 1 is 1.19 bits per heavy atom. The maximum absolute atomic E-state index is 12.0. The topological polar surface area (TPSA) is 29.1 Å². The third-order valence-electron chi connectivity index (χ3n) is 3.69. The van der Waals surface area contributed by atoms with Gasteiger partial charge in [-0.2, -0.15) is 0 Å². The van der Waals surface area contributed by atoms with Crippen LogP contribution < -0.4 is 5.32 Å². The van der Waals surface area contributed by atoms with Crippen molar-refractivity contribution in [2.45, 2.75) is 45.1 Å². The first kappa shape index (κ1) is 15.8. The van der Waals surface area contributed by atoms with Crippen molar-refractivity contribution in [3.05, 3.63) is 58.3 Å². The summed E-state index contributed by atoms with van der Waals surface area (Å²) in [5.74, 6) is 0.105. The van der Waals surface area contributed by atoms with Crippen LogP contribution in [0.1, 0.15) is 37.6 Å². The van der Waals surface area contributed by atoms with E-state index in [0.717, 1.165) is 11.3 Å². The van der Waals surface area contributed by atoms with Crippen molar-refractivity contribution in [1.29, 1.82) is 0 Å². The maximum Gasteiger partial charge on any atom is 0.225 e. The molecule has 1 aromatic heterocycles. The van der Waals surface area contributed by atoms with Gasteiger partial charge in [0.1, 0.15) is 0 Å². The van der Waals surface area contributed by atoms with Gasteiger partial charge in [-0.3, -0.25) is 4.79 Å². The molecule has 1 N–H and O–H groups in total. The van der Waals surface area contributed by atoms with Gasteiger partial charge in [-0.05, 0) is 35.8 Å². The Bertz CT molecular complexity index is 560. The molecule has 0 aliphatic rings. The Morgan fingerprint density at radius 3 is 2.52 bits per heavy atom. The summed E-state index contributed by atoms with van der Waals surface area (Å²) in [6.07, 6.45) is 1.40. The summed E-state index contributed by atoms with van der Waals surface area (Å²) >= 11 is 1.63. The fourth-order valence-electron chi connectivity index (χ4n) is 2.72. The van der Waals surface area contributed by atoms with Crippen LogP contribution in [0.15, 0.2) is 47.8 Å². The minimum absolute atomic E-state index is 0.0525. The molecule has 1 aromatic carbocycles. The molecule has 0 fully saturated rings. The average Bonchev–Trinajstić information content (AvgIpc) is 2.91. The van der Waals surface area contributed by atoms with E-state index in [1.807, 2.05) is 23.6 Å². The average molecular weight is 301 g/mol. The van der Waals surface area contributed by atoms with Crippen molar-refractivity contribution >= 4 is 17.2 Å². The molecule has 1 amide bonds. The highest BCUT2D eigenvalue weighted by atomic mass is 32.1. The molecule has 0 spiro atoms. The molecule has 0 aliphatic heterocycles. The number of amides is 1. The summed E-state index contributed by atoms with van der Waals surface area (Å²) in [5.41, 5.74) is 1.36. The molecular formula is C18H23NOS. The first-order chi connectivity index (χ1) is 9.97. The van der Waals surface area contributed by atoms with Gasteiger partial charge >= 0.3 is 0 Å². The molecule has 2 nitrogen and oxygen atoms in total.